The first-order valence-electron chi connectivity index (χ1n) is 7.37. The molecule has 0 aromatic carbocycles. The molecule has 122 valence electrons. The maximum Gasteiger partial charge on any atom is 0.251 e. The normalized spacial score (nSPS) is 10.3. The second-order valence-corrected chi connectivity index (χ2v) is 6.80. The van der Waals surface area contributed by atoms with Crippen LogP contribution in [0.4, 0.5) is 5.00 Å². The Morgan fingerprint density at radius 1 is 1.23 bits per heavy atom. The number of carbonyl (C=O) groups excluding carboxylic acids is 2. The molecule has 0 unspecified atom stereocenters. The van der Waals surface area contributed by atoms with Crippen LogP contribution in [0.5, 0.6) is 0 Å². The monoisotopic (exact) mass is 341 g/mol. The molecule has 0 fully saturated rings. The number of aryl methyl sites for hydroxylation is 1. The number of nitrogens with one attached hydrogen (secondary N) is 2. The molecule has 0 bridgehead atoms. The Balaban J connectivity index is 2.57. The summed E-state index contributed by atoms with van der Waals surface area (Å²) < 4.78 is 0. The van der Waals surface area contributed by atoms with Gasteiger partial charge in [0.15, 0.2) is 5.11 Å². The van der Waals surface area contributed by atoms with Crippen molar-refractivity contribution in [2.75, 3.05) is 5.32 Å². The summed E-state index contributed by atoms with van der Waals surface area (Å²) in [5.74, 6) is -0.614. The van der Waals surface area contributed by atoms with E-state index in [9.17, 15) is 9.59 Å². The van der Waals surface area contributed by atoms with Crippen LogP contribution in [0.15, 0.2) is 0 Å². The highest BCUT2D eigenvalue weighted by Gasteiger charge is 2.18. The molecule has 0 aliphatic rings. The highest BCUT2D eigenvalue weighted by Crippen LogP contribution is 2.31. The number of unbranched alkanes of at least 4 members (excludes halogenated alkanes) is 3. The Labute approximate surface area is 140 Å². The van der Waals surface area contributed by atoms with E-state index < -0.39 is 5.91 Å². The van der Waals surface area contributed by atoms with Crippen LogP contribution in [0.25, 0.3) is 0 Å². The van der Waals surface area contributed by atoms with Gasteiger partial charge in [0.1, 0.15) is 5.00 Å². The van der Waals surface area contributed by atoms with E-state index in [0.717, 1.165) is 36.1 Å². The Hall–Kier alpha value is -1.47. The van der Waals surface area contributed by atoms with Crippen LogP contribution in [0, 0.1) is 13.8 Å². The molecule has 1 rings (SSSR count). The van der Waals surface area contributed by atoms with Gasteiger partial charge in [-0.05, 0) is 38.0 Å². The summed E-state index contributed by atoms with van der Waals surface area (Å²) in [4.78, 5) is 24.3. The lowest BCUT2D eigenvalue weighted by Crippen LogP contribution is -2.34. The quantitative estimate of drug-likeness (QED) is 0.525. The van der Waals surface area contributed by atoms with Crippen LogP contribution < -0.4 is 16.4 Å². The average Bonchev–Trinajstić information content (AvgIpc) is 2.69. The van der Waals surface area contributed by atoms with Gasteiger partial charge in [-0.15, -0.1) is 11.3 Å². The molecule has 0 aliphatic carbocycles. The van der Waals surface area contributed by atoms with Crippen molar-refractivity contribution in [3.8, 4) is 0 Å². The van der Waals surface area contributed by atoms with Crippen molar-refractivity contribution in [2.24, 2.45) is 5.73 Å². The van der Waals surface area contributed by atoms with E-state index in [4.69, 9.17) is 18.0 Å². The zero-order chi connectivity index (χ0) is 16.7. The van der Waals surface area contributed by atoms with Crippen molar-refractivity contribution in [2.45, 2.75) is 52.9 Å². The summed E-state index contributed by atoms with van der Waals surface area (Å²) in [6.07, 6.45) is 4.61. The third-order valence-corrected chi connectivity index (χ3v) is 4.70. The molecule has 0 aliphatic heterocycles. The zero-order valence-corrected chi connectivity index (χ0v) is 14.9. The molecule has 1 aromatic heterocycles. The van der Waals surface area contributed by atoms with Gasteiger partial charge in [0.05, 0.1) is 5.56 Å². The third-order valence-electron chi connectivity index (χ3n) is 3.37. The van der Waals surface area contributed by atoms with Gasteiger partial charge >= 0.3 is 0 Å². The Bertz CT molecular complexity index is 567. The van der Waals surface area contributed by atoms with Crippen molar-refractivity contribution in [1.29, 1.82) is 0 Å². The molecule has 2 amide bonds. The molecule has 4 N–H and O–H groups in total. The van der Waals surface area contributed by atoms with Crippen LogP contribution in [0.3, 0.4) is 0 Å². The first-order valence-corrected chi connectivity index (χ1v) is 8.59. The highest BCUT2D eigenvalue weighted by molar-refractivity contribution is 7.80. The number of hydrogen-bond donors (Lipinski definition) is 3. The van der Waals surface area contributed by atoms with Crippen molar-refractivity contribution in [1.82, 2.24) is 5.32 Å². The standard InChI is InChI=1S/C15H23N3O2S2/c1-4-5-6-7-8-11(19)17-15(21)18-14-12(13(16)20)9(2)10(3)22-14/h4-8H2,1-3H3,(H2,16,20)(H2,17,18,19,21). The van der Waals surface area contributed by atoms with Crippen molar-refractivity contribution in [3.63, 3.8) is 0 Å². The van der Waals surface area contributed by atoms with Gasteiger partial charge in [-0.2, -0.15) is 0 Å². The van der Waals surface area contributed by atoms with E-state index in [1.165, 1.54) is 11.3 Å². The van der Waals surface area contributed by atoms with Crippen LogP contribution in [-0.2, 0) is 4.79 Å². The van der Waals surface area contributed by atoms with E-state index in [0.29, 0.717) is 17.0 Å². The third kappa shape index (κ3) is 5.38. The predicted octanol–water partition coefficient (Wildman–Crippen LogP) is 3.25. The number of primary amides is 1. The van der Waals surface area contributed by atoms with E-state index in [1.807, 2.05) is 13.8 Å². The molecule has 5 nitrogen and oxygen atoms in total. The SMILES string of the molecule is CCCCCCC(=O)NC(=S)Nc1sc(C)c(C)c1C(N)=O. The fraction of sp³-hybridized carbons (Fsp3) is 0.533. The lowest BCUT2D eigenvalue weighted by atomic mass is 10.1. The van der Waals surface area contributed by atoms with Crippen LogP contribution in [0.1, 0.15) is 59.8 Å². The topological polar surface area (TPSA) is 84.2 Å². The van der Waals surface area contributed by atoms with Crippen LogP contribution in [0.2, 0.25) is 0 Å². The van der Waals surface area contributed by atoms with Crippen LogP contribution in [-0.4, -0.2) is 16.9 Å². The Kier molecular flexibility index (Phi) is 7.47. The van der Waals surface area contributed by atoms with Gasteiger partial charge < -0.3 is 16.4 Å². The molecule has 0 spiro atoms. The summed E-state index contributed by atoms with van der Waals surface area (Å²) in [6, 6.07) is 0. The largest absolute Gasteiger partial charge is 0.365 e. The highest BCUT2D eigenvalue weighted by atomic mass is 32.1. The molecular weight excluding hydrogens is 318 g/mol. The summed E-state index contributed by atoms with van der Waals surface area (Å²) in [5, 5.41) is 6.32. The van der Waals surface area contributed by atoms with E-state index in [-0.39, 0.29) is 11.0 Å². The summed E-state index contributed by atoms with van der Waals surface area (Å²) in [7, 11) is 0. The summed E-state index contributed by atoms with van der Waals surface area (Å²) in [6.45, 7) is 5.87. The molecule has 1 aromatic rings. The van der Waals surface area contributed by atoms with Crippen molar-refractivity contribution in [3.05, 3.63) is 16.0 Å². The predicted molar refractivity (Wildman–Crippen MR) is 95.4 cm³/mol. The number of amides is 2. The van der Waals surface area contributed by atoms with Gasteiger partial charge in [0, 0.05) is 11.3 Å². The van der Waals surface area contributed by atoms with Crippen molar-refractivity contribution < 1.29 is 9.59 Å². The minimum atomic E-state index is -0.502. The second-order valence-electron chi connectivity index (χ2n) is 5.16. The molecule has 7 heteroatoms. The smallest absolute Gasteiger partial charge is 0.251 e. The van der Waals surface area contributed by atoms with Gasteiger partial charge in [0.2, 0.25) is 5.91 Å². The number of thiocarbonyl (C=S) groups is 1. The maximum absolute atomic E-state index is 11.8. The second kappa shape index (κ2) is 8.85. The van der Waals surface area contributed by atoms with Gasteiger partial charge in [0.25, 0.3) is 5.91 Å². The van der Waals surface area contributed by atoms with Gasteiger partial charge in [-0.3, -0.25) is 9.59 Å². The van der Waals surface area contributed by atoms with Crippen molar-refractivity contribution >= 4 is 45.5 Å². The Morgan fingerprint density at radius 2 is 1.91 bits per heavy atom. The number of carbonyl (C=O) groups is 2. The number of nitrogens with two attached hydrogens (primary N) is 1. The molecule has 0 saturated heterocycles. The first kappa shape index (κ1) is 18.6. The molecule has 22 heavy (non-hydrogen) atoms. The number of rotatable bonds is 7. The van der Waals surface area contributed by atoms with Crippen LogP contribution >= 0.6 is 23.6 Å². The fourth-order valence-corrected chi connectivity index (χ4v) is 3.40. The maximum atomic E-state index is 11.8. The molecular formula is C15H23N3O2S2. The lowest BCUT2D eigenvalue weighted by molar-refractivity contribution is -0.119. The Morgan fingerprint density at radius 3 is 2.50 bits per heavy atom. The minimum Gasteiger partial charge on any atom is -0.365 e. The van der Waals surface area contributed by atoms with E-state index in [2.05, 4.69) is 17.6 Å². The number of hydrogen-bond acceptors (Lipinski definition) is 4. The lowest BCUT2D eigenvalue weighted by Gasteiger charge is -2.09. The number of thiophene rings is 1. The zero-order valence-electron chi connectivity index (χ0n) is 13.2. The average molecular weight is 342 g/mol. The van der Waals surface area contributed by atoms with Gasteiger partial charge in [-0.25, -0.2) is 0 Å². The first-order chi connectivity index (χ1) is 10.4. The minimum absolute atomic E-state index is 0.112. The summed E-state index contributed by atoms with van der Waals surface area (Å²) >= 11 is 6.52. The van der Waals surface area contributed by atoms with E-state index >= 15 is 0 Å². The fourth-order valence-electron chi connectivity index (χ4n) is 2.05. The molecule has 0 radical (unpaired) electrons. The molecule has 0 saturated carbocycles. The summed E-state index contributed by atoms with van der Waals surface area (Å²) in [5.41, 5.74) is 6.67. The van der Waals surface area contributed by atoms with E-state index in [1.54, 1.807) is 0 Å². The van der Waals surface area contributed by atoms with Gasteiger partial charge in [-0.1, -0.05) is 26.2 Å². The molecule has 1 heterocycles. The number of anilines is 1. The molecule has 0 atom stereocenters.